The third-order valence-electron chi connectivity index (χ3n) is 6.22. The highest BCUT2D eigenvalue weighted by Gasteiger charge is 2.32. The van der Waals surface area contributed by atoms with Crippen LogP contribution in [0.2, 0.25) is 5.02 Å². The first kappa shape index (κ1) is 22.2. The maximum absolute atomic E-state index is 10.8. The molecule has 162 valence electrons. The van der Waals surface area contributed by atoms with E-state index < -0.39 is 6.09 Å². The lowest BCUT2D eigenvalue weighted by Crippen LogP contribution is -2.41. The minimum atomic E-state index is -0.875. The number of likely N-dealkylation sites (tertiary alicyclic amines) is 1. The van der Waals surface area contributed by atoms with Gasteiger partial charge in [-0.2, -0.15) is 0 Å². The lowest BCUT2D eigenvalue weighted by atomic mass is 9.82. The van der Waals surface area contributed by atoms with Crippen LogP contribution in [0.3, 0.4) is 0 Å². The molecule has 6 heteroatoms. The van der Waals surface area contributed by atoms with Crippen LogP contribution in [0.15, 0.2) is 18.2 Å². The van der Waals surface area contributed by atoms with Crippen molar-refractivity contribution >= 4 is 17.7 Å². The van der Waals surface area contributed by atoms with E-state index in [1.807, 2.05) is 12.1 Å². The quantitative estimate of drug-likeness (QED) is 0.643. The minimum absolute atomic E-state index is 0.165. The van der Waals surface area contributed by atoms with E-state index in [9.17, 15) is 4.79 Å². The van der Waals surface area contributed by atoms with Crippen LogP contribution in [0, 0.1) is 5.92 Å². The maximum Gasteiger partial charge on any atom is 0.407 e. The Morgan fingerprint density at radius 2 is 1.76 bits per heavy atom. The average molecular weight is 423 g/mol. The van der Waals surface area contributed by atoms with Crippen LogP contribution in [0.25, 0.3) is 0 Å². The van der Waals surface area contributed by atoms with Crippen LogP contribution >= 0.6 is 11.6 Å². The zero-order chi connectivity index (χ0) is 20.6. The van der Waals surface area contributed by atoms with Gasteiger partial charge in [-0.3, -0.25) is 4.90 Å². The van der Waals surface area contributed by atoms with Crippen molar-refractivity contribution in [1.82, 2.24) is 9.80 Å². The van der Waals surface area contributed by atoms with Crippen LogP contribution in [0.4, 0.5) is 4.79 Å². The van der Waals surface area contributed by atoms with Gasteiger partial charge in [0.2, 0.25) is 0 Å². The second-order valence-corrected chi connectivity index (χ2v) is 9.15. The number of carboxylic acid groups (broad SMARTS) is 1. The number of amides is 1. The molecule has 0 radical (unpaired) electrons. The molecule has 1 aromatic rings. The van der Waals surface area contributed by atoms with Gasteiger partial charge in [0.1, 0.15) is 5.75 Å². The second-order valence-electron chi connectivity index (χ2n) is 8.74. The molecule has 0 atom stereocenters. The van der Waals surface area contributed by atoms with Gasteiger partial charge in [0, 0.05) is 25.2 Å². The summed E-state index contributed by atoms with van der Waals surface area (Å²) in [6.45, 7) is 3.79. The third kappa shape index (κ3) is 7.07. The number of nitrogens with zero attached hydrogens (tertiary/aromatic N) is 2. The van der Waals surface area contributed by atoms with Gasteiger partial charge >= 0.3 is 6.09 Å². The van der Waals surface area contributed by atoms with E-state index in [0.717, 1.165) is 48.8 Å². The number of rotatable bonds is 6. The van der Waals surface area contributed by atoms with Crippen molar-refractivity contribution in [2.75, 3.05) is 26.7 Å². The topological polar surface area (TPSA) is 53.0 Å². The average Bonchev–Trinajstić information content (AvgIpc) is 3.38. The molecule has 4 rings (SSSR count). The summed E-state index contributed by atoms with van der Waals surface area (Å²) >= 11 is 6.41. The highest BCUT2D eigenvalue weighted by molar-refractivity contribution is 6.31. The van der Waals surface area contributed by atoms with E-state index in [2.05, 4.69) is 11.0 Å². The van der Waals surface area contributed by atoms with Crippen molar-refractivity contribution in [2.24, 2.45) is 5.92 Å². The zero-order valence-electron chi connectivity index (χ0n) is 17.6. The van der Waals surface area contributed by atoms with Crippen LogP contribution in [-0.4, -0.2) is 53.8 Å². The number of ether oxygens (including phenoxy) is 1. The van der Waals surface area contributed by atoms with Gasteiger partial charge in [-0.1, -0.05) is 49.8 Å². The van der Waals surface area contributed by atoms with E-state index in [4.69, 9.17) is 21.4 Å². The predicted molar refractivity (Wildman–Crippen MR) is 117 cm³/mol. The molecule has 0 spiro atoms. The van der Waals surface area contributed by atoms with Gasteiger partial charge in [0.15, 0.2) is 0 Å². The Morgan fingerprint density at radius 3 is 2.31 bits per heavy atom. The highest BCUT2D eigenvalue weighted by atomic mass is 35.5. The molecule has 2 aliphatic carbocycles. The van der Waals surface area contributed by atoms with Gasteiger partial charge in [-0.05, 0) is 62.4 Å². The fourth-order valence-electron chi connectivity index (χ4n) is 4.37. The van der Waals surface area contributed by atoms with Gasteiger partial charge in [0.25, 0.3) is 0 Å². The smallest absolute Gasteiger partial charge is 0.407 e. The van der Waals surface area contributed by atoms with Crippen LogP contribution < -0.4 is 4.74 Å². The molecule has 1 aliphatic heterocycles. The van der Waals surface area contributed by atoms with Crippen molar-refractivity contribution in [3.63, 3.8) is 0 Å². The predicted octanol–water partition coefficient (Wildman–Crippen LogP) is 5.65. The summed E-state index contributed by atoms with van der Waals surface area (Å²) in [6.07, 6.45) is 11.1. The van der Waals surface area contributed by atoms with Gasteiger partial charge in [-0.15, -0.1) is 0 Å². The minimum Gasteiger partial charge on any atom is -0.490 e. The molecule has 3 aliphatic rings. The molecule has 0 aromatic heterocycles. The van der Waals surface area contributed by atoms with Gasteiger partial charge in [0.05, 0.1) is 6.10 Å². The Hall–Kier alpha value is -1.46. The number of hydrogen-bond acceptors (Lipinski definition) is 3. The summed E-state index contributed by atoms with van der Waals surface area (Å²) in [5.74, 6) is 1.20. The molecule has 1 saturated heterocycles. The summed E-state index contributed by atoms with van der Waals surface area (Å²) < 4.78 is 5.96. The molecule has 5 nitrogen and oxygen atoms in total. The van der Waals surface area contributed by atoms with E-state index in [0.29, 0.717) is 12.5 Å². The van der Waals surface area contributed by atoms with E-state index in [1.54, 1.807) is 7.05 Å². The van der Waals surface area contributed by atoms with Crippen molar-refractivity contribution in [2.45, 2.75) is 70.4 Å². The first-order valence-electron chi connectivity index (χ1n) is 11.1. The molecular formula is C23H35ClN2O3. The number of hydrogen-bond donors (Lipinski definition) is 1. The molecule has 1 heterocycles. The Labute approximate surface area is 180 Å². The Bertz CT molecular complexity index is 646. The van der Waals surface area contributed by atoms with Gasteiger partial charge in [-0.25, -0.2) is 4.79 Å². The fraction of sp³-hybridized carbons (Fsp3) is 0.696. The highest BCUT2D eigenvalue weighted by Crippen LogP contribution is 2.33. The standard InChI is InChI=1S/C18H25ClN2O3.C5H10/c1-20(18(22)23)11-13-8-16(9-13)24-15-5-4-14(17(19)10-15)12-21-6-2-3-7-21;1-2-4-5-3-1/h4-5,10,13,16H,2-3,6-9,11-12H2,1H3,(H,22,23);1-5H2. The molecule has 3 fully saturated rings. The summed E-state index contributed by atoms with van der Waals surface area (Å²) in [7, 11) is 1.61. The summed E-state index contributed by atoms with van der Waals surface area (Å²) in [6, 6.07) is 5.96. The van der Waals surface area contributed by atoms with Crippen LogP contribution in [0.1, 0.15) is 63.4 Å². The van der Waals surface area contributed by atoms with Crippen molar-refractivity contribution in [3.05, 3.63) is 28.8 Å². The summed E-state index contributed by atoms with van der Waals surface area (Å²) in [4.78, 5) is 14.6. The summed E-state index contributed by atoms with van der Waals surface area (Å²) in [5, 5.41) is 9.65. The molecule has 1 N–H and O–H groups in total. The fourth-order valence-corrected chi connectivity index (χ4v) is 4.60. The largest absolute Gasteiger partial charge is 0.490 e. The maximum atomic E-state index is 10.8. The van der Waals surface area contributed by atoms with Crippen molar-refractivity contribution < 1.29 is 14.6 Å². The zero-order valence-corrected chi connectivity index (χ0v) is 18.4. The Morgan fingerprint density at radius 1 is 1.14 bits per heavy atom. The van der Waals surface area contributed by atoms with Crippen LogP contribution in [-0.2, 0) is 6.54 Å². The lowest BCUT2D eigenvalue weighted by molar-refractivity contribution is 0.0474. The molecule has 0 unspecified atom stereocenters. The van der Waals surface area contributed by atoms with E-state index in [1.165, 1.54) is 49.8 Å². The Kier molecular flexibility index (Phi) is 8.49. The van der Waals surface area contributed by atoms with Crippen molar-refractivity contribution in [1.29, 1.82) is 0 Å². The van der Waals surface area contributed by atoms with E-state index in [-0.39, 0.29) is 6.10 Å². The Balaban J connectivity index is 0.000000419. The summed E-state index contributed by atoms with van der Waals surface area (Å²) in [5.41, 5.74) is 1.15. The normalized spacial score (nSPS) is 23.8. The molecule has 0 bridgehead atoms. The third-order valence-corrected chi connectivity index (χ3v) is 6.57. The monoisotopic (exact) mass is 422 g/mol. The van der Waals surface area contributed by atoms with Crippen molar-refractivity contribution in [3.8, 4) is 5.75 Å². The molecular weight excluding hydrogens is 388 g/mol. The van der Waals surface area contributed by atoms with E-state index >= 15 is 0 Å². The molecule has 29 heavy (non-hydrogen) atoms. The second kappa shape index (κ2) is 11.1. The number of benzene rings is 1. The molecule has 2 saturated carbocycles. The first-order valence-corrected chi connectivity index (χ1v) is 11.5. The first-order chi connectivity index (χ1) is 14.0. The lowest BCUT2D eigenvalue weighted by Gasteiger charge is -2.37. The SMILES string of the molecule is C1CCCC1.CN(CC1CC(Oc2ccc(CN3CCCC3)c(Cl)c2)C1)C(=O)O. The molecule has 1 aromatic carbocycles. The number of carbonyl (C=O) groups is 1. The van der Waals surface area contributed by atoms with Gasteiger partial charge < -0.3 is 14.7 Å². The molecule has 1 amide bonds. The van der Waals surface area contributed by atoms with Crippen LogP contribution in [0.5, 0.6) is 5.75 Å². The number of halogens is 1.